The van der Waals surface area contributed by atoms with Gasteiger partial charge in [-0.25, -0.2) is 0 Å². The lowest BCUT2D eigenvalue weighted by molar-refractivity contribution is -0.147. The fourth-order valence-corrected chi connectivity index (χ4v) is 9.21. The average Bonchev–Trinajstić information content (AvgIpc) is 3.95. The molecule has 51 heavy (non-hydrogen) atoms. The second kappa shape index (κ2) is 15.3. The van der Waals surface area contributed by atoms with E-state index in [0.717, 1.165) is 44.9 Å². The number of piperidine rings is 1. The summed E-state index contributed by atoms with van der Waals surface area (Å²) in [5, 5.41) is 11.4. The minimum atomic E-state index is -1.02. The number of nitrogens with one attached hydrogen (secondary N) is 4. The van der Waals surface area contributed by atoms with E-state index in [1.165, 1.54) is 12.3 Å². The van der Waals surface area contributed by atoms with Gasteiger partial charge >= 0.3 is 0 Å². The Balaban J connectivity index is 1.38. The molecule has 2 heterocycles. The standard InChI is InChI=1S/C38H53IN6O6/c1-7-17-41-33(49)28(46)25(19-22-13-14-22)42-32(48)27-26-24(37(26,5)6)21-45(27)35(51)30(36(2,3)4)44-34(50)29(38(39)15-9-8-10-16-38)43-31(47)23-12-11-18-40-20-23/h7,11-12,18,20,22,24-27,29-30H,1,8-10,13-17,19,21H2,2-6H3,(H,41,49)(H,42,48)(H,43,47)(H,44,50)/t24-,25?,26-,27-,29+,30+/m0/s1. The minimum absolute atomic E-state index is 0.0633. The number of likely N-dealkylation sites (tertiary alicyclic amines) is 1. The summed E-state index contributed by atoms with van der Waals surface area (Å²) in [4.78, 5) is 88.1. The van der Waals surface area contributed by atoms with Crippen molar-refractivity contribution in [2.45, 2.75) is 114 Å². The smallest absolute Gasteiger partial charge is 0.289 e. The van der Waals surface area contributed by atoms with Crippen LogP contribution in [0.5, 0.6) is 0 Å². The molecule has 0 bridgehead atoms. The van der Waals surface area contributed by atoms with Crippen LogP contribution in [0.4, 0.5) is 0 Å². The predicted molar refractivity (Wildman–Crippen MR) is 200 cm³/mol. The first-order valence-electron chi connectivity index (χ1n) is 18.2. The van der Waals surface area contributed by atoms with Crippen LogP contribution in [0.25, 0.3) is 0 Å². The van der Waals surface area contributed by atoms with Crippen molar-refractivity contribution in [3.05, 3.63) is 42.7 Å². The van der Waals surface area contributed by atoms with Gasteiger partial charge in [-0.3, -0.25) is 33.8 Å². The third-order valence-corrected chi connectivity index (χ3v) is 13.1. The Morgan fingerprint density at radius 2 is 1.75 bits per heavy atom. The maximum Gasteiger partial charge on any atom is 0.289 e. The molecule has 278 valence electrons. The van der Waals surface area contributed by atoms with Crippen LogP contribution in [0.2, 0.25) is 0 Å². The molecular weight excluding hydrogens is 763 g/mol. The van der Waals surface area contributed by atoms with Crippen LogP contribution in [0.1, 0.15) is 96.3 Å². The van der Waals surface area contributed by atoms with Crippen LogP contribution in [0.3, 0.4) is 0 Å². The zero-order valence-corrected chi connectivity index (χ0v) is 32.6. The predicted octanol–water partition coefficient (Wildman–Crippen LogP) is 3.49. The van der Waals surface area contributed by atoms with E-state index in [9.17, 15) is 28.8 Å². The second-order valence-electron chi connectivity index (χ2n) is 16.5. The summed E-state index contributed by atoms with van der Waals surface area (Å²) in [5.74, 6) is -3.06. The molecule has 1 aromatic heterocycles. The quantitative estimate of drug-likeness (QED) is 0.0966. The second-order valence-corrected chi connectivity index (χ2v) is 18.7. The largest absolute Gasteiger partial charge is 0.346 e. The Morgan fingerprint density at radius 3 is 2.33 bits per heavy atom. The van der Waals surface area contributed by atoms with E-state index in [1.807, 2.05) is 20.8 Å². The van der Waals surface area contributed by atoms with Crippen LogP contribution in [-0.4, -0.2) is 85.9 Å². The highest BCUT2D eigenvalue weighted by atomic mass is 127. The molecule has 1 aromatic rings. The van der Waals surface area contributed by atoms with Gasteiger partial charge in [-0.15, -0.1) is 6.58 Å². The topological polar surface area (TPSA) is 167 Å². The Bertz CT molecular complexity index is 1530. The van der Waals surface area contributed by atoms with Crippen molar-refractivity contribution in [1.82, 2.24) is 31.2 Å². The van der Waals surface area contributed by atoms with Crippen LogP contribution in [0, 0.1) is 28.6 Å². The molecular formula is C38H53IN6O6. The molecule has 4 aliphatic rings. The summed E-state index contributed by atoms with van der Waals surface area (Å²) in [6.07, 6.45) is 11.0. The van der Waals surface area contributed by atoms with Crippen molar-refractivity contribution in [1.29, 1.82) is 0 Å². The van der Waals surface area contributed by atoms with E-state index in [0.29, 0.717) is 18.5 Å². The minimum Gasteiger partial charge on any atom is -0.346 e. The molecule has 3 aliphatic carbocycles. The average molecular weight is 817 g/mol. The van der Waals surface area contributed by atoms with Crippen LogP contribution >= 0.6 is 22.6 Å². The molecule has 5 amide bonds. The molecule has 1 unspecified atom stereocenters. The zero-order valence-electron chi connectivity index (χ0n) is 30.4. The molecule has 1 aliphatic heterocycles. The van der Waals surface area contributed by atoms with Gasteiger partial charge in [-0.1, -0.05) is 95.4 Å². The summed E-state index contributed by atoms with van der Waals surface area (Å²) in [7, 11) is 0. The first kappa shape index (κ1) is 38.9. The number of ketones is 1. The number of hydrogen-bond donors (Lipinski definition) is 4. The Hall–Kier alpha value is -3.36. The lowest BCUT2D eigenvalue weighted by Gasteiger charge is -2.41. The number of pyridine rings is 1. The van der Waals surface area contributed by atoms with Gasteiger partial charge in [0.2, 0.25) is 23.5 Å². The summed E-state index contributed by atoms with van der Waals surface area (Å²) in [6, 6.07) is -0.521. The molecule has 4 fully saturated rings. The van der Waals surface area contributed by atoms with Crippen LogP contribution in [-0.2, 0) is 24.0 Å². The lowest BCUT2D eigenvalue weighted by atomic mass is 9.81. The molecule has 3 saturated carbocycles. The highest BCUT2D eigenvalue weighted by molar-refractivity contribution is 14.1. The Kier molecular flexibility index (Phi) is 11.7. The number of rotatable bonds is 14. The van der Waals surface area contributed by atoms with Gasteiger partial charge in [-0.05, 0) is 60.0 Å². The summed E-state index contributed by atoms with van der Waals surface area (Å²) in [5.41, 5.74) is -0.626. The van der Waals surface area contributed by atoms with Gasteiger partial charge < -0.3 is 26.2 Å². The molecule has 12 nitrogen and oxygen atoms in total. The van der Waals surface area contributed by atoms with Crippen molar-refractivity contribution in [2.75, 3.05) is 13.1 Å². The van der Waals surface area contributed by atoms with E-state index >= 15 is 0 Å². The highest BCUT2D eigenvalue weighted by Crippen LogP contribution is 2.65. The van der Waals surface area contributed by atoms with Crippen molar-refractivity contribution >= 4 is 57.9 Å². The first-order valence-corrected chi connectivity index (χ1v) is 19.3. The highest BCUT2D eigenvalue weighted by Gasteiger charge is 2.70. The lowest BCUT2D eigenvalue weighted by Crippen LogP contribution is -2.64. The van der Waals surface area contributed by atoms with Gasteiger partial charge in [0.25, 0.3) is 11.8 Å². The number of alkyl halides is 1. The maximum atomic E-state index is 14.7. The van der Waals surface area contributed by atoms with Gasteiger partial charge in [0.1, 0.15) is 18.1 Å². The Labute approximate surface area is 314 Å². The summed E-state index contributed by atoms with van der Waals surface area (Å²) in [6.45, 7) is 13.8. The monoisotopic (exact) mass is 816 g/mol. The number of aromatic nitrogens is 1. The number of Topliss-reactive ketones (excluding diaryl/α,β-unsaturated/α-hetero) is 1. The van der Waals surface area contributed by atoms with E-state index < -0.39 is 68.3 Å². The number of halogens is 1. The number of carbonyl (C=O) groups is 6. The maximum absolute atomic E-state index is 14.7. The molecule has 13 heteroatoms. The normalized spacial score (nSPS) is 24.9. The molecule has 0 radical (unpaired) electrons. The molecule has 0 spiro atoms. The molecule has 4 N–H and O–H groups in total. The molecule has 5 rings (SSSR count). The fourth-order valence-electron chi connectivity index (χ4n) is 8.01. The summed E-state index contributed by atoms with van der Waals surface area (Å²) < 4.78 is -0.563. The summed E-state index contributed by atoms with van der Waals surface area (Å²) >= 11 is 2.31. The van der Waals surface area contributed by atoms with Crippen molar-refractivity contribution < 1.29 is 28.8 Å². The first-order chi connectivity index (χ1) is 24.0. The van der Waals surface area contributed by atoms with E-state index in [-0.39, 0.29) is 29.7 Å². The van der Waals surface area contributed by atoms with Crippen molar-refractivity contribution in [3.63, 3.8) is 0 Å². The van der Waals surface area contributed by atoms with Gasteiger partial charge in [-0.2, -0.15) is 0 Å². The number of fused-ring (bicyclic) bond motifs is 1. The number of carbonyl (C=O) groups excluding carboxylic acids is 6. The van der Waals surface area contributed by atoms with Crippen molar-refractivity contribution in [3.8, 4) is 0 Å². The third-order valence-electron chi connectivity index (χ3n) is 11.4. The molecule has 6 atom stereocenters. The van der Waals surface area contributed by atoms with Gasteiger partial charge in [0.05, 0.1) is 15.0 Å². The number of nitrogens with zero attached hydrogens (tertiary/aromatic N) is 2. The Morgan fingerprint density at radius 1 is 1.06 bits per heavy atom. The molecule has 1 saturated heterocycles. The number of amides is 5. The van der Waals surface area contributed by atoms with Gasteiger partial charge in [0, 0.05) is 25.5 Å². The fraction of sp³-hybridized carbons (Fsp3) is 0.658. The van der Waals surface area contributed by atoms with Gasteiger partial charge in [0.15, 0.2) is 0 Å². The molecule has 0 aromatic carbocycles. The zero-order chi connectivity index (χ0) is 37.3. The number of hydrogen-bond acceptors (Lipinski definition) is 7. The van der Waals surface area contributed by atoms with Crippen LogP contribution in [0.15, 0.2) is 37.2 Å². The van der Waals surface area contributed by atoms with Crippen LogP contribution < -0.4 is 21.3 Å². The van der Waals surface area contributed by atoms with E-state index in [2.05, 4.69) is 69.3 Å². The SMILES string of the molecule is C=CCNC(=O)C(=O)C(CC1CC1)NC(=O)[C@@H]1[C@@H]2[C@H](CN1C(=O)[C@@H](NC(=O)[C@@H](NC(=O)c1cccnc1)C1(I)CCCCC1)C(C)(C)C)C2(C)C. The van der Waals surface area contributed by atoms with E-state index in [4.69, 9.17) is 0 Å². The van der Waals surface area contributed by atoms with E-state index in [1.54, 1.807) is 23.2 Å². The van der Waals surface area contributed by atoms with Crippen molar-refractivity contribution in [2.24, 2.45) is 28.6 Å². The third kappa shape index (κ3) is 8.65.